The molecule has 90 valence electrons. The summed E-state index contributed by atoms with van der Waals surface area (Å²) in [5.74, 6) is 4.13. The Labute approximate surface area is 95.8 Å². The number of halogens is 2. The van der Waals surface area contributed by atoms with Gasteiger partial charge < -0.3 is 5.73 Å². The molecule has 0 amide bonds. The molecule has 0 aliphatic rings. The van der Waals surface area contributed by atoms with Crippen molar-refractivity contribution in [3.63, 3.8) is 0 Å². The lowest BCUT2D eigenvalue weighted by atomic mass is 10.0. The third-order valence-electron chi connectivity index (χ3n) is 2.47. The van der Waals surface area contributed by atoms with Gasteiger partial charge in [-0.1, -0.05) is 6.07 Å². The Hall–Kier alpha value is -1.99. The van der Waals surface area contributed by atoms with Gasteiger partial charge >= 0.3 is 0 Å². The summed E-state index contributed by atoms with van der Waals surface area (Å²) in [6.07, 6.45) is 1.37. The molecule has 1 aromatic heterocycles. The first-order valence-electron chi connectivity index (χ1n) is 4.84. The highest BCUT2D eigenvalue weighted by molar-refractivity contribution is 5.44. The number of benzene rings is 1. The molecule has 1 atom stereocenters. The van der Waals surface area contributed by atoms with Crippen LogP contribution in [-0.4, -0.2) is 10.2 Å². The number of hydrogen-bond acceptors (Lipinski definition) is 4. The predicted molar refractivity (Wildman–Crippen MR) is 58.5 cm³/mol. The minimum absolute atomic E-state index is 0.192. The van der Waals surface area contributed by atoms with E-state index in [1.807, 2.05) is 0 Å². The summed E-state index contributed by atoms with van der Waals surface area (Å²) in [5, 5.41) is 6.16. The maximum absolute atomic E-state index is 13.6. The summed E-state index contributed by atoms with van der Waals surface area (Å²) in [4.78, 5) is 0. The molecule has 0 aliphatic carbocycles. The molecule has 5 nitrogen and oxygen atoms in total. The van der Waals surface area contributed by atoms with E-state index >= 15 is 0 Å². The van der Waals surface area contributed by atoms with Crippen molar-refractivity contribution in [2.75, 3.05) is 5.73 Å². The van der Waals surface area contributed by atoms with Gasteiger partial charge in [0.15, 0.2) is 0 Å². The van der Waals surface area contributed by atoms with Crippen LogP contribution >= 0.6 is 0 Å². The highest BCUT2D eigenvalue weighted by Gasteiger charge is 2.23. The van der Waals surface area contributed by atoms with E-state index < -0.39 is 17.7 Å². The van der Waals surface area contributed by atoms with Gasteiger partial charge in [0.2, 0.25) is 0 Å². The molecule has 7 heteroatoms. The standard InChI is InChI=1S/C10H11F2N5/c11-6-2-1-3-7(12)8(6)9(16-14)5-4-15-17-10(5)13/h1-4,9,16H,14H2,(H3,13,15,17). The van der Waals surface area contributed by atoms with Gasteiger partial charge in [0.25, 0.3) is 0 Å². The summed E-state index contributed by atoms with van der Waals surface area (Å²) in [5.41, 5.74) is 8.11. The number of nitrogens with two attached hydrogens (primary N) is 2. The maximum Gasteiger partial charge on any atom is 0.131 e. The van der Waals surface area contributed by atoms with E-state index in [0.717, 1.165) is 12.1 Å². The van der Waals surface area contributed by atoms with Gasteiger partial charge in [-0.15, -0.1) is 0 Å². The lowest BCUT2D eigenvalue weighted by Crippen LogP contribution is -2.30. The van der Waals surface area contributed by atoms with Gasteiger partial charge in [0.05, 0.1) is 12.2 Å². The third-order valence-corrected chi connectivity index (χ3v) is 2.47. The fourth-order valence-corrected chi connectivity index (χ4v) is 1.65. The highest BCUT2D eigenvalue weighted by Crippen LogP contribution is 2.28. The van der Waals surface area contributed by atoms with E-state index in [-0.39, 0.29) is 11.4 Å². The largest absolute Gasteiger partial charge is 0.384 e. The van der Waals surface area contributed by atoms with Crippen molar-refractivity contribution < 1.29 is 8.78 Å². The first-order chi connectivity index (χ1) is 8.15. The lowest BCUT2D eigenvalue weighted by molar-refractivity contribution is 0.511. The smallest absolute Gasteiger partial charge is 0.131 e. The van der Waals surface area contributed by atoms with Crippen LogP contribution in [0.1, 0.15) is 17.2 Å². The molecule has 1 aromatic carbocycles. The predicted octanol–water partition coefficient (Wildman–Crippen LogP) is 0.823. The topological polar surface area (TPSA) is 92.7 Å². The summed E-state index contributed by atoms with van der Waals surface area (Å²) in [7, 11) is 0. The molecule has 0 saturated carbocycles. The van der Waals surface area contributed by atoms with Crippen LogP contribution in [0.2, 0.25) is 0 Å². The highest BCUT2D eigenvalue weighted by atomic mass is 19.1. The average molecular weight is 239 g/mol. The average Bonchev–Trinajstić information content (AvgIpc) is 2.70. The number of aromatic nitrogens is 2. The lowest BCUT2D eigenvalue weighted by Gasteiger charge is -2.16. The number of hydrazine groups is 1. The molecule has 0 saturated heterocycles. The van der Waals surface area contributed by atoms with Gasteiger partial charge in [-0.05, 0) is 12.1 Å². The Morgan fingerprint density at radius 2 is 1.94 bits per heavy atom. The Morgan fingerprint density at radius 1 is 1.29 bits per heavy atom. The number of hydrogen-bond donors (Lipinski definition) is 4. The van der Waals surface area contributed by atoms with E-state index in [1.165, 1.54) is 12.3 Å². The van der Waals surface area contributed by atoms with Crippen molar-refractivity contribution in [3.8, 4) is 0 Å². The molecule has 0 radical (unpaired) electrons. The molecule has 1 heterocycles. The molecule has 6 N–H and O–H groups in total. The summed E-state index contributed by atoms with van der Waals surface area (Å²) >= 11 is 0. The molecular weight excluding hydrogens is 228 g/mol. The van der Waals surface area contributed by atoms with E-state index in [0.29, 0.717) is 5.56 Å². The number of rotatable bonds is 3. The first-order valence-corrected chi connectivity index (χ1v) is 4.84. The third kappa shape index (κ3) is 1.97. The zero-order chi connectivity index (χ0) is 12.4. The van der Waals surface area contributed by atoms with Crippen molar-refractivity contribution in [1.82, 2.24) is 15.6 Å². The zero-order valence-corrected chi connectivity index (χ0v) is 8.74. The molecule has 0 fully saturated rings. The fraction of sp³-hybridized carbons (Fsp3) is 0.100. The normalized spacial score (nSPS) is 12.6. The van der Waals surface area contributed by atoms with Crippen LogP contribution in [0.15, 0.2) is 24.4 Å². The van der Waals surface area contributed by atoms with Gasteiger partial charge in [-0.3, -0.25) is 10.9 Å². The molecule has 17 heavy (non-hydrogen) atoms. The Kier molecular flexibility index (Phi) is 3.03. The molecule has 2 rings (SSSR count). The zero-order valence-electron chi connectivity index (χ0n) is 8.74. The number of anilines is 1. The van der Waals surface area contributed by atoms with Crippen LogP contribution < -0.4 is 17.0 Å². The fourth-order valence-electron chi connectivity index (χ4n) is 1.65. The minimum atomic E-state index is -0.894. The second kappa shape index (κ2) is 4.48. The van der Waals surface area contributed by atoms with Crippen LogP contribution in [0.25, 0.3) is 0 Å². The van der Waals surface area contributed by atoms with Crippen molar-refractivity contribution in [2.24, 2.45) is 5.84 Å². The molecule has 0 aliphatic heterocycles. The van der Waals surface area contributed by atoms with E-state index in [2.05, 4.69) is 15.6 Å². The Balaban J connectivity index is 2.53. The summed E-state index contributed by atoms with van der Waals surface area (Å²) < 4.78 is 27.2. The second-order valence-electron chi connectivity index (χ2n) is 3.47. The minimum Gasteiger partial charge on any atom is -0.384 e. The van der Waals surface area contributed by atoms with Crippen LogP contribution in [0, 0.1) is 11.6 Å². The Morgan fingerprint density at radius 3 is 2.41 bits per heavy atom. The van der Waals surface area contributed by atoms with Crippen LogP contribution in [0.5, 0.6) is 0 Å². The van der Waals surface area contributed by atoms with Gasteiger partial charge in [0, 0.05) is 11.1 Å². The van der Waals surface area contributed by atoms with Gasteiger partial charge in [-0.25, -0.2) is 14.2 Å². The number of nitrogen functional groups attached to an aromatic ring is 1. The van der Waals surface area contributed by atoms with Crippen LogP contribution in [0.4, 0.5) is 14.6 Å². The monoisotopic (exact) mass is 239 g/mol. The molecular formula is C10H11F2N5. The van der Waals surface area contributed by atoms with Gasteiger partial charge in [0.1, 0.15) is 17.5 Å². The first kappa shape index (κ1) is 11.5. The van der Waals surface area contributed by atoms with Crippen LogP contribution in [-0.2, 0) is 0 Å². The molecule has 0 bridgehead atoms. The SMILES string of the molecule is NNC(c1cn[nH]c1N)c1c(F)cccc1F. The van der Waals surface area contributed by atoms with Crippen molar-refractivity contribution >= 4 is 5.82 Å². The number of nitrogens with one attached hydrogen (secondary N) is 2. The van der Waals surface area contributed by atoms with Crippen LogP contribution in [0.3, 0.4) is 0 Å². The van der Waals surface area contributed by atoms with Crippen molar-refractivity contribution in [1.29, 1.82) is 0 Å². The van der Waals surface area contributed by atoms with E-state index in [1.54, 1.807) is 0 Å². The Bertz CT molecular complexity index is 505. The molecule has 1 unspecified atom stereocenters. The van der Waals surface area contributed by atoms with Crippen molar-refractivity contribution in [2.45, 2.75) is 6.04 Å². The summed E-state index contributed by atoms with van der Waals surface area (Å²) in [6.45, 7) is 0. The van der Waals surface area contributed by atoms with Gasteiger partial charge in [-0.2, -0.15) is 5.10 Å². The van der Waals surface area contributed by atoms with E-state index in [4.69, 9.17) is 11.6 Å². The van der Waals surface area contributed by atoms with Crippen molar-refractivity contribution in [3.05, 3.63) is 47.2 Å². The summed E-state index contributed by atoms with van der Waals surface area (Å²) in [6, 6.07) is 2.69. The number of aromatic amines is 1. The second-order valence-corrected chi connectivity index (χ2v) is 3.47. The number of H-pyrrole nitrogens is 1. The molecule has 2 aromatic rings. The quantitative estimate of drug-likeness (QED) is 0.471. The maximum atomic E-state index is 13.6. The van der Waals surface area contributed by atoms with E-state index in [9.17, 15) is 8.78 Å². The number of nitrogens with zero attached hydrogens (tertiary/aromatic N) is 1. The molecule has 0 spiro atoms.